The molecular formula is C9H15NO3. The fourth-order valence-corrected chi connectivity index (χ4v) is 1.32. The first-order chi connectivity index (χ1) is 5.90. The van der Waals surface area contributed by atoms with Crippen LogP contribution in [0.2, 0.25) is 0 Å². The van der Waals surface area contributed by atoms with Crippen molar-refractivity contribution in [1.82, 2.24) is 4.90 Å². The van der Waals surface area contributed by atoms with E-state index in [1.54, 1.807) is 20.8 Å². The van der Waals surface area contributed by atoms with Crippen LogP contribution >= 0.6 is 0 Å². The number of imide groups is 1. The number of ether oxygens (including phenoxy) is 1. The number of amides is 2. The van der Waals surface area contributed by atoms with Gasteiger partial charge in [-0.25, -0.2) is 9.69 Å². The highest BCUT2D eigenvalue weighted by Crippen LogP contribution is 2.29. The first-order valence-corrected chi connectivity index (χ1v) is 4.45. The minimum Gasteiger partial charge on any atom is -0.441 e. The van der Waals surface area contributed by atoms with Crippen LogP contribution in [0.4, 0.5) is 4.79 Å². The lowest BCUT2D eigenvalue weighted by Gasteiger charge is -2.23. The van der Waals surface area contributed by atoms with E-state index in [1.807, 2.05) is 6.92 Å². The lowest BCUT2D eigenvalue weighted by atomic mass is 10.0. The summed E-state index contributed by atoms with van der Waals surface area (Å²) < 4.78 is 5.06. The second kappa shape index (κ2) is 3.01. The molecule has 1 rings (SSSR count). The maximum Gasteiger partial charge on any atom is 0.417 e. The zero-order chi connectivity index (χ0) is 10.2. The van der Waals surface area contributed by atoms with E-state index in [2.05, 4.69) is 0 Å². The van der Waals surface area contributed by atoms with Gasteiger partial charge in [-0.3, -0.25) is 4.79 Å². The fourth-order valence-electron chi connectivity index (χ4n) is 1.32. The van der Waals surface area contributed by atoms with Gasteiger partial charge in [0, 0.05) is 6.42 Å². The Bertz CT molecular complexity index is 247. The lowest BCUT2D eigenvalue weighted by molar-refractivity contribution is -0.129. The minimum atomic E-state index is -0.568. The molecule has 0 bridgehead atoms. The van der Waals surface area contributed by atoms with Crippen LogP contribution in [0.1, 0.15) is 34.1 Å². The molecule has 13 heavy (non-hydrogen) atoms. The topological polar surface area (TPSA) is 46.6 Å². The monoisotopic (exact) mass is 185 g/mol. The Morgan fingerprint density at radius 2 is 2.15 bits per heavy atom. The van der Waals surface area contributed by atoms with Gasteiger partial charge in [0.05, 0.1) is 6.04 Å². The van der Waals surface area contributed by atoms with Gasteiger partial charge in [-0.2, -0.15) is 0 Å². The largest absolute Gasteiger partial charge is 0.441 e. The Labute approximate surface area is 77.8 Å². The quantitative estimate of drug-likeness (QED) is 0.622. The summed E-state index contributed by atoms with van der Waals surface area (Å²) in [5.74, 6) is -0.178. The van der Waals surface area contributed by atoms with E-state index in [4.69, 9.17) is 4.74 Å². The Morgan fingerprint density at radius 1 is 1.62 bits per heavy atom. The first-order valence-electron chi connectivity index (χ1n) is 4.45. The maximum atomic E-state index is 11.3. The SMILES string of the molecule is CCC(=O)N1C(=O)OC(C)(C)C1C. The van der Waals surface area contributed by atoms with E-state index in [-0.39, 0.29) is 11.9 Å². The van der Waals surface area contributed by atoms with E-state index in [9.17, 15) is 9.59 Å². The highest BCUT2D eigenvalue weighted by Gasteiger charge is 2.47. The second-order valence-corrected chi connectivity index (χ2v) is 3.76. The average molecular weight is 185 g/mol. The Hall–Kier alpha value is -1.06. The summed E-state index contributed by atoms with van der Waals surface area (Å²) in [6, 6.07) is -0.188. The zero-order valence-corrected chi connectivity index (χ0v) is 8.46. The number of rotatable bonds is 1. The predicted molar refractivity (Wildman–Crippen MR) is 47.2 cm³/mol. The third kappa shape index (κ3) is 1.53. The van der Waals surface area contributed by atoms with Crippen LogP contribution in [0, 0.1) is 0 Å². The van der Waals surface area contributed by atoms with Crippen molar-refractivity contribution in [1.29, 1.82) is 0 Å². The molecule has 1 heterocycles. The number of carbonyl (C=O) groups is 2. The normalized spacial score (nSPS) is 26.0. The lowest BCUT2D eigenvalue weighted by Crippen LogP contribution is -2.42. The highest BCUT2D eigenvalue weighted by molar-refractivity contribution is 5.93. The van der Waals surface area contributed by atoms with Crippen molar-refractivity contribution in [2.24, 2.45) is 0 Å². The highest BCUT2D eigenvalue weighted by atomic mass is 16.6. The van der Waals surface area contributed by atoms with Crippen LogP contribution in [0.3, 0.4) is 0 Å². The van der Waals surface area contributed by atoms with Gasteiger partial charge >= 0.3 is 6.09 Å². The minimum absolute atomic E-state index is 0.178. The maximum absolute atomic E-state index is 11.3. The fraction of sp³-hybridized carbons (Fsp3) is 0.778. The van der Waals surface area contributed by atoms with Crippen LogP contribution in [-0.4, -0.2) is 28.5 Å². The van der Waals surface area contributed by atoms with Gasteiger partial charge in [-0.1, -0.05) is 6.92 Å². The average Bonchev–Trinajstić information content (AvgIpc) is 2.21. The first kappa shape index (κ1) is 10.0. The van der Waals surface area contributed by atoms with Crippen LogP contribution < -0.4 is 0 Å². The number of hydrogen-bond acceptors (Lipinski definition) is 3. The molecule has 74 valence electrons. The van der Waals surface area contributed by atoms with Gasteiger partial charge < -0.3 is 4.74 Å². The summed E-state index contributed by atoms with van der Waals surface area (Å²) in [7, 11) is 0. The molecule has 1 aliphatic rings. The van der Waals surface area contributed by atoms with Crippen molar-refractivity contribution in [3.05, 3.63) is 0 Å². The summed E-state index contributed by atoms with van der Waals surface area (Å²) in [5.41, 5.74) is -0.568. The van der Waals surface area contributed by atoms with Crippen LogP contribution in [0.15, 0.2) is 0 Å². The van der Waals surface area contributed by atoms with Crippen molar-refractivity contribution in [2.45, 2.75) is 45.8 Å². The molecule has 0 aliphatic carbocycles. The van der Waals surface area contributed by atoms with Crippen molar-refractivity contribution in [3.63, 3.8) is 0 Å². The summed E-state index contributed by atoms with van der Waals surface area (Å²) >= 11 is 0. The molecule has 0 aromatic heterocycles. The molecule has 0 saturated carbocycles. The Morgan fingerprint density at radius 3 is 2.46 bits per heavy atom. The molecule has 0 spiro atoms. The van der Waals surface area contributed by atoms with Crippen molar-refractivity contribution in [2.75, 3.05) is 0 Å². The molecule has 0 aromatic rings. The molecular weight excluding hydrogens is 170 g/mol. The van der Waals surface area contributed by atoms with Crippen LogP contribution in [0.25, 0.3) is 0 Å². The van der Waals surface area contributed by atoms with E-state index < -0.39 is 11.7 Å². The molecule has 0 aromatic carbocycles. The number of nitrogens with zero attached hydrogens (tertiary/aromatic N) is 1. The van der Waals surface area contributed by atoms with Gasteiger partial charge in [0.1, 0.15) is 5.60 Å². The second-order valence-electron chi connectivity index (χ2n) is 3.76. The number of carbonyl (C=O) groups excluding carboxylic acids is 2. The molecule has 4 heteroatoms. The molecule has 1 atom stereocenters. The summed E-state index contributed by atoms with van der Waals surface area (Å²) in [5, 5.41) is 0. The van der Waals surface area contributed by atoms with Gasteiger partial charge in [0.2, 0.25) is 5.91 Å². The molecule has 0 radical (unpaired) electrons. The molecule has 2 amide bonds. The molecule has 1 fully saturated rings. The third-order valence-electron chi connectivity index (χ3n) is 2.51. The number of cyclic esters (lactones) is 1. The van der Waals surface area contributed by atoms with Crippen molar-refractivity contribution < 1.29 is 14.3 Å². The molecule has 4 nitrogen and oxygen atoms in total. The smallest absolute Gasteiger partial charge is 0.417 e. The van der Waals surface area contributed by atoms with Crippen molar-refractivity contribution >= 4 is 12.0 Å². The van der Waals surface area contributed by atoms with Crippen LogP contribution in [-0.2, 0) is 9.53 Å². The van der Waals surface area contributed by atoms with Crippen LogP contribution in [0.5, 0.6) is 0 Å². The molecule has 1 saturated heterocycles. The van der Waals surface area contributed by atoms with E-state index in [0.717, 1.165) is 0 Å². The third-order valence-corrected chi connectivity index (χ3v) is 2.51. The van der Waals surface area contributed by atoms with E-state index in [1.165, 1.54) is 4.90 Å². The Balaban J connectivity index is 2.88. The van der Waals surface area contributed by atoms with Gasteiger partial charge in [0.25, 0.3) is 0 Å². The standard InChI is InChI=1S/C9H15NO3/c1-5-7(11)10-6(2)9(3,4)13-8(10)12/h6H,5H2,1-4H3. The van der Waals surface area contributed by atoms with Gasteiger partial charge in [-0.15, -0.1) is 0 Å². The molecule has 0 N–H and O–H groups in total. The summed E-state index contributed by atoms with van der Waals surface area (Å²) in [4.78, 5) is 23.8. The van der Waals surface area contributed by atoms with E-state index in [0.29, 0.717) is 6.42 Å². The summed E-state index contributed by atoms with van der Waals surface area (Å²) in [6.45, 7) is 7.16. The summed E-state index contributed by atoms with van der Waals surface area (Å²) in [6.07, 6.45) is -0.195. The predicted octanol–water partition coefficient (Wildman–Crippen LogP) is 1.54. The zero-order valence-electron chi connectivity index (χ0n) is 8.46. The molecule has 1 unspecified atom stereocenters. The molecule has 1 aliphatic heterocycles. The van der Waals surface area contributed by atoms with E-state index >= 15 is 0 Å². The van der Waals surface area contributed by atoms with Gasteiger partial charge in [-0.05, 0) is 20.8 Å². The van der Waals surface area contributed by atoms with Crippen molar-refractivity contribution in [3.8, 4) is 0 Å². The number of hydrogen-bond donors (Lipinski definition) is 0. The van der Waals surface area contributed by atoms with Gasteiger partial charge in [0.15, 0.2) is 0 Å². The Kier molecular flexibility index (Phi) is 2.32.